The van der Waals surface area contributed by atoms with Crippen LogP contribution in [0.5, 0.6) is 0 Å². The first-order chi connectivity index (χ1) is 29.8. The molecule has 2 heteroatoms. The summed E-state index contributed by atoms with van der Waals surface area (Å²) >= 11 is 0. The van der Waals surface area contributed by atoms with Gasteiger partial charge in [0.2, 0.25) is 0 Å². The molecule has 60 heavy (non-hydrogen) atoms. The lowest BCUT2D eigenvalue weighted by molar-refractivity contribution is 1.18. The first kappa shape index (κ1) is 35.2. The number of anilines is 3. The molecule has 11 rings (SSSR count). The third kappa shape index (κ3) is 6.32. The number of hydrogen-bond donors (Lipinski definition) is 0. The second kappa shape index (κ2) is 15.1. The van der Waals surface area contributed by atoms with E-state index in [1.807, 2.05) is 0 Å². The van der Waals surface area contributed by atoms with Crippen LogP contribution in [0.25, 0.3) is 82.8 Å². The van der Waals surface area contributed by atoms with Crippen molar-refractivity contribution in [2.75, 3.05) is 4.90 Å². The predicted molar refractivity (Wildman–Crippen MR) is 255 cm³/mol. The van der Waals surface area contributed by atoms with E-state index in [0.717, 1.165) is 22.7 Å². The monoisotopic (exact) mass is 764 g/mol. The van der Waals surface area contributed by atoms with Crippen LogP contribution in [0, 0.1) is 0 Å². The van der Waals surface area contributed by atoms with Crippen molar-refractivity contribution in [2.45, 2.75) is 0 Å². The average Bonchev–Trinajstić information content (AvgIpc) is 3.67. The van der Waals surface area contributed by atoms with Crippen LogP contribution in [-0.4, -0.2) is 4.57 Å². The van der Waals surface area contributed by atoms with Gasteiger partial charge in [0.15, 0.2) is 0 Å². The quantitative estimate of drug-likeness (QED) is 0.150. The molecule has 0 spiro atoms. The minimum atomic E-state index is 1.09. The van der Waals surface area contributed by atoms with E-state index in [1.54, 1.807) is 0 Å². The summed E-state index contributed by atoms with van der Waals surface area (Å²) in [6.45, 7) is 0. The van der Waals surface area contributed by atoms with Crippen molar-refractivity contribution in [3.63, 3.8) is 0 Å². The third-order valence-electron chi connectivity index (χ3n) is 11.8. The van der Waals surface area contributed by atoms with E-state index < -0.39 is 0 Å². The minimum absolute atomic E-state index is 1.09. The summed E-state index contributed by atoms with van der Waals surface area (Å²) in [5.74, 6) is 0. The number of benzene rings is 10. The van der Waals surface area contributed by atoms with E-state index in [1.165, 1.54) is 77.1 Å². The largest absolute Gasteiger partial charge is 0.310 e. The molecule has 0 N–H and O–H groups in total. The van der Waals surface area contributed by atoms with Gasteiger partial charge in [-0.05, 0) is 110 Å². The SMILES string of the molecule is c1ccc(-c2ccc(-c3ccc(N(c4ccccc4)c4ccc(-c5ccccc5-n5c6ccccc6c6ccccc65)c(-c5ccc6ccccc6c5)c4)cc3)cc2)cc1. The Morgan fingerprint density at radius 3 is 1.43 bits per heavy atom. The van der Waals surface area contributed by atoms with Crippen molar-refractivity contribution in [2.24, 2.45) is 0 Å². The molecule has 0 aliphatic heterocycles. The first-order valence-corrected chi connectivity index (χ1v) is 20.6. The van der Waals surface area contributed by atoms with Crippen molar-refractivity contribution < 1.29 is 0 Å². The Kier molecular flexibility index (Phi) is 8.87. The van der Waals surface area contributed by atoms with E-state index >= 15 is 0 Å². The zero-order chi connectivity index (χ0) is 39.8. The van der Waals surface area contributed by atoms with Crippen LogP contribution in [0.15, 0.2) is 243 Å². The lowest BCUT2D eigenvalue weighted by Crippen LogP contribution is -2.10. The lowest BCUT2D eigenvalue weighted by atomic mass is 9.91. The van der Waals surface area contributed by atoms with Gasteiger partial charge in [-0.1, -0.05) is 182 Å². The number of rotatable bonds is 8. The topological polar surface area (TPSA) is 8.17 Å². The first-order valence-electron chi connectivity index (χ1n) is 20.6. The molecule has 10 aromatic carbocycles. The van der Waals surface area contributed by atoms with Crippen LogP contribution in [0.2, 0.25) is 0 Å². The summed E-state index contributed by atoms with van der Waals surface area (Å²) in [5.41, 5.74) is 16.3. The molecule has 0 bridgehead atoms. The van der Waals surface area contributed by atoms with E-state index in [2.05, 4.69) is 252 Å². The minimum Gasteiger partial charge on any atom is -0.310 e. The highest BCUT2D eigenvalue weighted by Crippen LogP contribution is 2.44. The molecule has 2 nitrogen and oxygen atoms in total. The Morgan fingerprint density at radius 1 is 0.267 bits per heavy atom. The molecule has 0 saturated heterocycles. The highest BCUT2D eigenvalue weighted by Gasteiger charge is 2.20. The van der Waals surface area contributed by atoms with E-state index in [-0.39, 0.29) is 0 Å². The Bertz CT molecular complexity index is 3240. The van der Waals surface area contributed by atoms with Gasteiger partial charge >= 0.3 is 0 Å². The number of fused-ring (bicyclic) bond motifs is 4. The number of para-hydroxylation sites is 4. The number of aromatic nitrogens is 1. The second-order valence-electron chi connectivity index (χ2n) is 15.3. The van der Waals surface area contributed by atoms with Crippen molar-refractivity contribution >= 4 is 49.6 Å². The molecule has 0 atom stereocenters. The molecule has 11 aromatic rings. The third-order valence-corrected chi connectivity index (χ3v) is 11.8. The maximum Gasteiger partial charge on any atom is 0.0541 e. The van der Waals surface area contributed by atoms with Gasteiger partial charge in [-0.3, -0.25) is 0 Å². The summed E-state index contributed by atoms with van der Waals surface area (Å²) in [5, 5.41) is 4.95. The Balaban J connectivity index is 1.07. The summed E-state index contributed by atoms with van der Waals surface area (Å²) in [6.07, 6.45) is 0. The van der Waals surface area contributed by atoms with Crippen molar-refractivity contribution in [1.29, 1.82) is 0 Å². The predicted octanol–water partition coefficient (Wildman–Crippen LogP) is 16.1. The van der Waals surface area contributed by atoms with Gasteiger partial charge < -0.3 is 9.47 Å². The van der Waals surface area contributed by atoms with E-state index in [4.69, 9.17) is 0 Å². The van der Waals surface area contributed by atoms with Crippen molar-refractivity contribution in [3.05, 3.63) is 243 Å². The Hall–Kier alpha value is -7.94. The van der Waals surface area contributed by atoms with Gasteiger partial charge in [0.1, 0.15) is 0 Å². The van der Waals surface area contributed by atoms with Crippen LogP contribution >= 0.6 is 0 Å². The maximum absolute atomic E-state index is 2.44. The van der Waals surface area contributed by atoms with E-state index in [9.17, 15) is 0 Å². The fourth-order valence-electron chi connectivity index (χ4n) is 8.89. The molecular formula is C58H40N2. The summed E-state index contributed by atoms with van der Waals surface area (Å²) in [6, 6.07) is 87.9. The normalized spacial score (nSPS) is 11.3. The van der Waals surface area contributed by atoms with Crippen LogP contribution in [0.3, 0.4) is 0 Å². The van der Waals surface area contributed by atoms with Crippen LogP contribution in [0.1, 0.15) is 0 Å². The lowest BCUT2D eigenvalue weighted by Gasteiger charge is -2.27. The van der Waals surface area contributed by atoms with Gasteiger partial charge in [0, 0.05) is 33.4 Å². The summed E-state index contributed by atoms with van der Waals surface area (Å²) < 4.78 is 2.44. The number of hydrogen-bond acceptors (Lipinski definition) is 1. The van der Waals surface area contributed by atoms with Gasteiger partial charge in [-0.15, -0.1) is 0 Å². The van der Waals surface area contributed by atoms with Crippen LogP contribution in [-0.2, 0) is 0 Å². The van der Waals surface area contributed by atoms with Crippen LogP contribution in [0.4, 0.5) is 17.1 Å². The van der Waals surface area contributed by atoms with Crippen LogP contribution < -0.4 is 4.90 Å². The molecule has 0 amide bonds. The van der Waals surface area contributed by atoms with Gasteiger partial charge in [0.05, 0.1) is 16.7 Å². The molecule has 0 radical (unpaired) electrons. The Morgan fingerprint density at radius 2 is 0.750 bits per heavy atom. The Labute approximate surface area is 350 Å². The van der Waals surface area contributed by atoms with Crippen molar-refractivity contribution in [3.8, 4) is 50.2 Å². The zero-order valence-electron chi connectivity index (χ0n) is 33.0. The smallest absolute Gasteiger partial charge is 0.0541 e. The van der Waals surface area contributed by atoms with Crippen molar-refractivity contribution in [1.82, 2.24) is 4.57 Å². The molecular weight excluding hydrogens is 725 g/mol. The molecule has 1 heterocycles. The standard InChI is InChI=1S/C58H40N2/c1-3-15-41(16-4-1)43-27-29-44(30-28-43)45-33-35-49(36-34-45)59(48-19-5-2-6-20-48)50-37-38-51(55(40-50)47-32-31-42-17-7-8-18-46(42)39-47)52-21-9-12-24-56(52)60-57-25-13-10-22-53(57)54-23-11-14-26-58(54)60/h1-40H. The number of nitrogens with zero attached hydrogens (tertiary/aromatic N) is 2. The molecule has 282 valence electrons. The molecule has 0 saturated carbocycles. The maximum atomic E-state index is 2.44. The molecule has 0 aliphatic carbocycles. The zero-order valence-corrected chi connectivity index (χ0v) is 33.0. The molecule has 0 fully saturated rings. The van der Waals surface area contributed by atoms with E-state index in [0.29, 0.717) is 0 Å². The summed E-state index contributed by atoms with van der Waals surface area (Å²) in [4.78, 5) is 2.37. The highest BCUT2D eigenvalue weighted by atomic mass is 15.1. The summed E-state index contributed by atoms with van der Waals surface area (Å²) in [7, 11) is 0. The molecule has 0 aliphatic rings. The fraction of sp³-hybridized carbons (Fsp3) is 0. The molecule has 0 unspecified atom stereocenters. The van der Waals surface area contributed by atoms with Gasteiger partial charge in [0.25, 0.3) is 0 Å². The molecule has 1 aromatic heterocycles. The fourth-order valence-corrected chi connectivity index (χ4v) is 8.89. The van der Waals surface area contributed by atoms with Gasteiger partial charge in [-0.25, -0.2) is 0 Å². The second-order valence-corrected chi connectivity index (χ2v) is 15.3. The van der Waals surface area contributed by atoms with Gasteiger partial charge in [-0.2, -0.15) is 0 Å². The highest BCUT2D eigenvalue weighted by molar-refractivity contribution is 6.10. The average molecular weight is 765 g/mol.